The molecule has 1 unspecified atom stereocenters. The number of primary amides is 1. The van der Waals surface area contributed by atoms with Crippen LogP contribution in [0.15, 0.2) is 47.4 Å². The number of likely N-dealkylation sites (tertiary alicyclic amines) is 1. The van der Waals surface area contributed by atoms with Crippen molar-refractivity contribution in [3.63, 3.8) is 0 Å². The Kier molecular flexibility index (Phi) is 6.45. The number of piperidine rings is 1. The number of nitrogens with zero attached hydrogens (tertiary/aromatic N) is 1. The fraction of sp³-hybridized carbons (Fsp3) is 0.500. The maximum absolute atomic E-state index is 12.6. The predicted molar refractivity (Wildman–Crippen MR) is 137 cm³/mol. The molecule has 4 atom stereocenters. The smallest absolute Gasteiger partial charge is 0.252 e. The Morgan fingerprint density at radius 1 is 1.16 bits per heavy atom. The van der Waals surface area contributed by atoms with Crippen molar-refractivity contribution in [2.75, 3.05) is 20.1 Å². The molecule has 204 valence electrons. The second-order valence-electron chi connectivity index (χ2n) is 11.6. The zero-order chi connectivity index (χ0) is 27.5. The first kappa shape index (κ1) is 26.8. The molecule has 3 fully saturated rings. The number of Topliss-reactive ketones (excluding diaryl/α,β-unsaturated/α-hetero) is 1. The van der Waals surface area contributed by atoms with Gasteiger partial charge in [-0.2, -0.15) is 0 Å². The molecule has 2 saturated carbocycles. The highest BCUT2D eigenvalue weighted by molar-refractivity contribution is 7.85. The molecule has 4 N–H and O–H groups in total. The molecule has 0 radical (unpaired) electrons. The van der Waals surface area contributed by atoms with Crippen molar-refractivity contribution in [3.8, 4) is 5.75 Å². The molecule has 2 bridgehead atoms. The largest absolute Gasteiger partial charge is 0.744 e. The molecule has 38 heavy (non-hydrogen) atoms. The summed E-state index contributed by atoms with van der Waals surface area (Å²) in [6, 6.07) is 10.6. The number of carbonyl (C=O) groups excluding carboxylic acids is 2. The Morgan fingerprint density at radius 2 is 1.84 bits per heavy atom. The zero-order valence-corrected chi connectivity index (χ0v) is 22.2. The highest BCUT2D eigenvalue weighted by Gasteiger charge is 2.70. The number of hydrogen-bond acceptors (Lipinski definition) is 7. The highest BCUT2D eigenvalue weighted by Crippen LogP contribution is 2.61. The van der Waals surface area contributed by atoms with Gasteiger partial charge in [0, 0.05) is 42.6 Å². The number of quaternary nitrogens is 1. The number of hydrogen-bond donors (Lipinski definition) is 3. The van der Waals surface area contributed by atoms with Gasteiger partial charge in [0.1, 0.15) is 33.3 Å². The second kappa shape index (κ2) is 9.15. The van der Waals surface area contributed by atoms with E-state index in [0.29, 0.717) is 31.2 Å². The van der Waals surface area contributed by atoms with Crippen LogP contribution in [0.2, 0.25) is 0 Å². The molecule has 2 aromatic rings. The van der Waals surface area contributed by atoms with Crippen LogP contribution in [-0.2, 0) is 26.7 Å². The van der Waals surface area contributed by atoms with Crippen molar-refractivity contribution >= 4 is 21.8 Å². The van der Waals surface area contributed by atoms with Crippen LogP contribution < -0.4 is 5.73 Å². The monoisotopic (exact) mass is 542 g/mol. The predicted octanol–water partition coefficient (Wildman–Crippen LogP) is 1.99. The summed E-state index contributed by atoms with van der Waals surface area (Å²) in [5.74, 6) is 0.0429. The van der Waals surface area contributed by atoms with Crippen molar-refractivity contribution < 1.29 is 37.3 Å². The molecule has 4 aliphatic rings. The standard InChI is InChI=1S/C22H28N2O4.C6H6O3S/c1-24(12-13-2-3-13)9-8-21-11-15(25)6-7-22(21,28)17(24)10-14-4-5-16(20(23)27)19(26)18(14)21;7-10(8,9)6-4-2-1-3-5-6/h4-5,13,17,28H,2-3,6-12H2,1H3,(H2-,23,26,27);1-5H,(H,7,8,9)/t17-,21-,22-,24?;/m1./s1. The third-order valence-corrected chi connectivity index (χ3v) is 10.1. The number of amides is 1. The molecule has 6 rings (SSSR count). The molecule has 1 saturated heterocycles. The number of rotatable bonds is 4. The lowest BCUT2D eigenvalue weighted by Crippen LogP contribution is -2.78. The molecule has 1 aliphatic heterocycles. The van der Waals surface area contributed by atoms with Crippen LogP contribution in [0.4, 0.5) is 0 Å². The minimum Gasteiger partial charge on any atom is -0.744 e. The summed E-state index contributed by atoms with van der Waals surface area (Å²) < 4.78 is 31.7. The van der Waals surface area contributed by atoms with E-state index in [0.717, 1.165) is 29.1 Å². The number of carbonyl (C=O) groups is 2. The second-order valence-corrected chi connectivity index (χ2v) is 13.0. The normalized spacial score (nSPS) is 31.9. The molecule has 1 heterocycles. The number of aromatic hydroxyl groups is 1. The third-order valence-electron chi connectivity index (χ3n) is 9.29. The summed E-state index contributed by atoms with van der Waals surface area (Å²) in [6.07, 6.45) is 4.85. The lowest BCUT2D eigenvalue weighted by atomic mass is 9.48. The van der Waals surface area contributed by atoms with Crippen LogP contribution in [-0.4, -0.2) is 71.1 Å². The number of phenols is 1. The summed E-state index contributed by atoms with van der Waals surface area (Å²) in [4.78, 5) is 24.2. The number of nitrogens with two attached hydrogens (primary N) is 1. The van der Waals surface area contributed by atoms with Crippen LogP contribution in [0.5, 0.6) is 5.75 Å². The summed E-state index contributed by atoms with van der Waals surface area (Å²) in [7, 11) is -2.00. The minimum absolute atomic E-state index is 0.00118. The summed E-state index contributed by atoms with van der Waals surface area (Å²) >= 11 is 0. The lowest BCUT2D eigenvalue weighted by Gasteiger charge is -2.65. The van der Waals surface area contributed by atoms with Crippen molar-refractivity contribution in [3.05, 3.63) is 59.2 Å². The summed E-state index contributed by atoms with van der Waals surface area (Å²) in [6.45, 7) is 1.94. The van der Waals surface area contributed by atoms with Gasteiger partial charge < -0.3 is 25.0 Å². The van der Waals surface area contributed by atoms with Crippen molar-refractivity contribution in [2.45, 2.75) is 66.9 Å². The Morgan fingerprint density at radius 3 is 2.42 bits per heavy atom. The Bertz CT molecular complexity index is 1390. The maximum atomic E-state index is 12.6. The van der Waals surface area contributed by atoms with Gasteiger partial charge in [-0.25, -0.2) is 8.42 Å². The van der Waals surface area contributed by atoms with Crippen LogP contribution in [0.25, 0.3) is 0 Å². The maximum Gasteiger partial charge on any atom is 0.252 e. The van der Waals surface area contributed by atoms with Crippen LogP contribution in [0.1, 0.15) is 60.0 Å². The van der Waals surface area contributed by atoms with Gasteiger partial charge in [0.15, 0.2) is 0 Å². The first-order valence-electron chi connectivity index (χ1n) is 13.1. The average molecular weight is 543 g/mol. The van der Waals surface area contributed by atoms with Gasteiger partial charge in [0.05, 0.1) is 30.6 Å². The average Bonchev–Trinajstić information content (AvgIpc) is 3.66. The molecule has 3 aliphatic carbocycles. The highest BCUT2D eigenvalue weighted by atomic mass is 32.2. The van der Waals surface area contributed by atoms with E-state index < -0.39 is 27.0 Å². The molecule has 0 aromatic heterocycles. The number of likely N-dealkylation sites (N-methyl/N-ethyl adjacent to an activating group) is 1. The topological polar surface area (TPSA) is 158 Å². The Labute approximate surface area is 222 Å². The van der Waals surface area contributed by atoms with Gasteiger partial charge in [-0.1, -0.05) is 24.3 Å². The van der Waals surface area contributed by atoms with Gasteiger partial charge >= 0.3 is 0 Å². The first-order chi connectivity index (χ1) is 17.8. The van der Waals surface area contributed by atoms with E-state index in [4.69, 9.17) is 5.73 Å². The molecular formula is C28H34N2O7S. The molecule has 2 aromatic carbocycles. The minimum atomic E-state index is -4.25. The van der Waals surface area contributed by atoms with E-state index in [1.54, 1.807) is 12.1 Å². The van der Waals surface area contributed by atoms with Crippen molar-refractivity contribution in [1.82, 2.24) is 0 Å². The van der Waals surface area contributed by atoms with E-state index in [1.165, 1.54) is 37.1 Å². The third kappa shape index (κ3) is 4.33. The summed E-state index contributed by atoms with van der Waals surface area (Å²) in [5, 5.41) is 23.2. The number of fused-ring (bicyclic) bond motifs is 1. The van der Waals surface area contributed by atoms with E-state index in [1.807, 2.05) is 6.07 Å². The van der Waals surface area contributed by atoms with Crippen LogP contribution in [0.3, 0.4) is 0 Å². The zero-order valence-electron chi connectivity index (χ0n) is 21.4. The molecular weight excluding hydrogens is 508 g/mol. The Hall–Kier alpha value is -2.79. The molecule has 0 spiro atoms. The van der Waals surface area contributed by atoms with Crippen LogP contribution in [0, 0.1) is 5.92 Å². The fourth-order valence-electron chi connectivity index (χ4n) is 7.31. The number of benzene rings is 2. The fourth-order valence-corrected chi connectivity index (χ4v) is 7.81. The van der Waals surface area contributed by atoms with Crippen molar-refractivity contribution in [1.29, 1.82) is 0 Å². The number of aliphatic hydroxyl groups is 1. The van der Waals surface area contributed by atoms with E-state index in [2.05, 4.69) is 7.05 Å². The van der Waals surface area contributed by atoms with E-state index in [-0.39, 0.29) is 34.5 Å². The lowest BCUT2D eigenvalue weighted by molar-refractivity contribution is -0.950. The van der Waals surface area contributed by atoms with E-state index >= 15 is 0 Å². The van der Waals surface area contributed by atoms with Gasteiger partial charge in [0.2, 0.25) is 0 Å². The quantitative estimate of drug-likeness (QED) is 0.394. The van der Waals surface area contributed by atoms with E-state index in [9.17, 15) is 32.8 Å². The van der Waals surface area contributed by atoms with Gasteiger partial charge in [-0.3, -0.25) is 9.59 Å². The molecule has 9 nitrogen and oxygen atoms in total. The molecule has 10 heteroatoms. The van der Waals surface area contributed by atoms with Gasteiger partial charge in [-0.15, -0.1) is 0 Å². The molecule has 1 amide bonds. The van der Waals surface area contributed by atoms with Crippen molar-refractivity contribution in [2.24, 2.45) is 11.7 Å². The van der Waals surface area contributed by atoms with Gasteiger partial charge in [-0.05, 0) is 43.0 Å². The SMILES string of the molecule is C[N+]1(CC2CC2)CC[C@]23CC(=O)CC[C@@]2(O)[C@H]1Cc1ccc(C(N)=O)c(O)c13.O=S(=O)([O-])c1ccccc1. The first-order valence-corrected chi connectivity index (χ1v) is 14.5. The van der Waals surface area contributed by atoms with Gasteiger partial charge in [0.25, 0.3) is 5.91 Å². The number of ketones is 1. The Balaban J connectivity index is 0.000000249. The summed E-state index contributed by atoms with van der Waals surface area (Å²) in [5.41, 5.74) is 5.23. The van der Waals surface area contributed by atoms with Crippen LogP contribution >= 0.6 is 0 Å².